The minimum Gasteiger partial charge on any atom is -0.409 e. The van der Waals surface area contributed by atoms with E-state index in [-0.39, 0.29) is 11.4 Å². The molecule has 4 N–H and O–H groups in total. The first-order chi connectivity index (χ1) is 9.15. The van der Waals surface area contributed by atoms with Gasteiger partial charge in [0, 0.05) is 25.3 Å². The van der Waals surface area contributed by atoms with Gasteiger partial charge in [-0.2, -0.15) is 0 Å². The van der Waals surface area contributed by atoms with Crippen LogP contribution in [0, 0.1) is 5.82 Å². The van der Waals surface area contributed by atoms with Gasteiger partial charge in [-0.05, 0) is 18.9 Å². The standard InChI is InChI=1S/C13H18FN3O2/c1-19-10-5-9(6-10)16-7-8-3-2-4-11(12(8)14)13(15)17-18/h2-4,9-10,16,18H,5-7H2,1H3,(H2,15,17). The number of oxime groups is 1. The SMILES string of the molecule is COC1CC(NCc2cccc(/C(N)=N/O)c2F)C1. The molecule has 1 aliphatic rings. The van der Waals surface area contributed by atoms with Crippen molar-refractivity contribution in [1.82, 2.24) is 5.32 Å². The van der Waals surface area contributed by atoms with Crippen molar-refractivity contribution in [3.63, 3.8) is 0 Å². The number of benzene rings is 1. The second-order valence-electron chi connectivity index (χ2n) is 4.67. The maximum Gasteiger partial charge on any atom is 0.173 e. The molecule has 1 saturated carbocycles. The summed E-state index contributed by atoms with van der Waals surface area (Å²) in [6.45, 7) is 0.416. The van der Waals surface area contributed by atoms with Gasteiger partial charge in [-0.1, -0.05) is 17.3 Å². The van der Waals surface area contributed by atoms with Gasteiger partial charge in [0.25, 0.3) is 0 Å². The molecule has 0 aliphatic heterocycles. The van der Waals surface area contributed by atoms with E-state index in [9.17, 15) is 4.39 Å². The molecule has 1 aromatic rings. The minimum atomic E-state index is -0.451. The fourth-order valence-corrected chi connectivity index (χ4v) is 2.15. The first-order valence-electron chi connectivity index (χ1n) is 6.17. The predicted molar refractivity (Wildman–Crippen MR) is 69.6 cm³/mol. The van der Waals surface area contributed by atoms with Gasteiger partial charge in [0.05, 0.1) is 11.7 Å². The Bertz CT molecular complexity index is 473. The van der Waals surface area contributed by atoms with E-state index < -0.39 is 5.82 Å². The number of ether oxygens (including phenoxy) is 1. The van der Waals surface area contributed by atoms with Gasteiger partial charge in [-0.15, -0.1) is 0 Å². The third-order valence-electron chi connectivity index (χ3n) is 3.47. The Balaban J connectivity index is 1.97. The zero-order valence-electron chi connectivity index (χ0n) is 10.8. The van der Waals surface area contributed by atoms with Crippen LogP contribution < -0.4 is 11.1 Å². The summed E-state index contributed by atoms with van der Waals surface area (Å²) in [6.07, 6.45) is 2.20. The molecule has 5 nitrogen and oxygen atoms in total. The molecule has 0 heterocycles. The molecule has 0 atom stereocenters. The van der Waals surface area contributed by atoms with Crippen LogP contribution in [0.25, 0.3) is 0 Å². The molecule has 0 aromatic heterocycles. The number of halogens is 1. The summed E-state index contributed by atoms with van der Waals surface area (Å²) in [5.41, 5.74) is 6.04. The molecule has 1 aromatic carbocycles. The first-order valence-corrected chi connectivity index (χ1v) is 6.17. The Hall–Kier alpha value is -1.66. The molecule has 0 saturated heterocycles. The van der Waals surface area contributed by atoms with Gasteiger partial charge in [-0.25, -0.2) is 4.39 Å². The van der Waals surface area contributed by atoms with Crippen molar-refractivity contribution in [3.05, 3.63) is 35.1 Å². The van der Waals surface area contributed by atoms with E-state index in [1.54, 1.807) is 19.2 Å². The maximum atomic E-state index is 14.1. The summed E-state index contributed by atoms with van der Waals surface area (Å²) < 4.78 is 19.3. The lowest BCUT2D eigenvalue weighted by Crippen LogP contribution is -2.44. The Morgan fingerprint density at radius 2 is 2.32 bits per heavy atom. The van der Waals surface area contributed by atoms with Crippen LogP contribution in [-0.4, -0.2) is 30.3 Å². The fourth-order valence-electron chi connectivity index (χ4n) is 2.15. The Kier molecular flexibility index (Phi) is 4.34. The number of nitrogens with one attached hydrogen (secondary N) is 1. The summed E-state index contributed by atoms with van der Waals surface area (Å²) in [7, 11) is 1.70. The number of amidine groups is 1. The highest BCUT2D eigenvalue weighted by molar-refractivity contribution is 5.97. The van der Waals surface area contributed by atoms with Gasteiger partial charge in [-0.3, -0.25) is 0 Å². The molecule has 0 radical (unpaired) electrons. The van der Waals surface area contributed by atoms with E-state index in [0.29, 0.717) is 24.3 Å². The van der Waals surface area contributed by atoms with Crippen LogP contribution in [0.4, 0.5) is 4.39 Å². The predicted octanol–water partition coefficient (Wildman–Crippen LogP) is 1.19. The van der Waals surface area contributed by atoms with Crippen LogP contribution in [0.15, 0.2) is 23.4 Å². The normalized spacial score (nSPS) is 23.2. The molecule has 0 bridgehead atoms. The van der Waals surface area contributed by atoms with Crippen molar-refractivity contribution in [3.8, 4) is 0 Å². The third-order valence-corrected chi connectivity index (χ3v) is 3.47. The highest BCUT2D eigenvalue weighted by atomic mass is 19.1. The second kappa shape index (κ2) is 5.99. The van der Waals surface area contributed by atoms with Crippen LogP contribution in [0.2, 0.25) is 0 Å². The summed E-state index contributed by atoms with van der Waals surface area (Å²) in [4.78, 5) is 0. The second-order valence-corrected chi connectivity index (χ2v) is 4.67. The summed E-state index contributed by atoms with van der Waals surface area (Å²) in [6, 6.07) is 5.21. The largest absolute Gasteiger partial charge is 0.409 e. The van der Waals surface area contributed by atoms with E-state index in [0.717, 1.165) is 12.8 Å². The number of hydrogen-bond donors (Lipinski definition) is 3. The van der Waals surface area contributed by atoms with E-state index >= 15 is 0 Å². The quantitative estimate of drug-likeness (QED) is 0.324. The molecular weight excluding hydrogens is 249 g/mol. The van der Waals surface area contributed by atoms with Crippen molar-refractivity contribution >= 4 is 5.84 Å². The first kappa shape index (κ1) is 13.8. The lowest BCUT2D eigenvalue weighted by Gasteiger charge is -2.34. The van der Waals surface area contributed by atoms with E-state index in [1.165, 1.54) is 6.07 Å². The van der Waals surface area contributed by atoms with E-state index in [4.69, 9.17) is 15.7 Å². The molecule has 104 valence electrons. The molecule has 0 amide bonds. The molecule has 19 heavy (non-hydrogen) atoms. The zero-order chi connectivity index (χ0) is 13.8. The fraction of sp³-hybridized carbons (Fsp3) is 0.462. The number of methoxy groups -OCH3 is 1. The summed E-state index contributed by atoms with van der Waals surface area (Å²) >= 11 is 0. The minimum absolute atomic E-state index is 0.116. The average Bonchev–Trinajstić information content (AvgIpc) is 2.38. The van der Waals surface area contributed by atoms with Gasteiger partial charge in [0.15, 0.2) is 5.84 Å². The summed E-state index contributed by atoms with van der Waals surface area (Å²) in [5.74, 6) is -0.671. The smallest absolute Gasteiger partial charge is 0.173 e. The number of hydrogen-bond acceptors (Lipinski definition) is 4. The van der Waals surface area contributed by atoms with Crippen LogP contribution >= 0.6 is 0 Å². The lowest BCUT2D eigenvalue weighted by molar-refractivity contribution is 0.0169. The van der Waals surface area contributed by atoms with Gasteiger partial charge in [0.1, 0.15) is 5.82 Å². The van der Waals surface area contributed by atoms with Crippen molar-refractivity contribution < 1.29 is 14.3 Å². The average molecular weight is 267 g/mol. The molecule has 1 fully saturated rings. The molecule has 0 unspecified atom stereocenters. The Morgan fingerprint density at radius 1 is 1.58 bits per heavy atom. The van der Waals surface area contributed by atoms with Gasteiger partial charge < -0.3 is 21.0 Å². The van der Waals surface area contributed by atoms with E-state index in [2.05, 4.69) is 10.5 Å². The molecule has 0 spiro atoms. The number of rotatable bonds is 5. The van der Waals surface area contributed by atoms with E-state index in [1.807, 2.05) is 0 Å². The van der Waals surface area contributed by atoms with Crippen molar-refractivity contribution in [2.24, 2.45) is 10.9 Å². The zero-order valence-corrected chi connectivity index (χ0v) is 10.8. The van der Waals surface area contributed by atoms with Crippen molar-refractivity contribution in [1.29, 1.82) is 0 Å². The molecular formula is C13H18FN3O2. The van der Waals surface area contributed by atoms with Crippen LogP contribution in [0.5, 0.6) is 0 Å². The van der Waals surface area contributed by atoms with Gasteiger partial charge in [0.2, 0.25) is 0 Å². The summed E-state index contributed by atoms with van der Waals surface area (Å²) in [5, 5.41) is 14.7. The van der Waals surface area contributed by atoms with Crippen LogP contribution in [-0.2, 0) is 11.3 Å². The van der Waals surface area contributed by atoms with Crippen LogP contribution in [0.1, 0.15) is 24.0 Å². The Labute approximate surface area is 111 Å². The molecule has 6 heteroatoms. The molecule has 2 rings (SSSR count). The highest BCUT2D eigenvalue weighted by Crippen LogP contribution is 2.23. The van der Waals surface area contributed by atoms with Crippen LogP contribution in [0.3, 0.4) is 0 Å². The molecule has 1 aliphatic carbocycles. The topological polar surface area (TPSA) is 79.9 Å². The number of nitrogens with zero attached hydrogens (tertiary/aromatic N) is 1. The Morgan fingerprint density at radius 3 is 2.95 bits per heavy atom. The van der Waals surface area contributed by atoms with Gasteiger partial charge >= 0.3 is 0 Å². The van der Waals surface area contributed by atoms with Crippen molar-refractivity contribution in [2.75, 3.05) is 7.11 Å². The lowest BCUT2D eigenvalue weighted by atomic mass is 9.89. The number of nitrogens with two attached hydrogens (primary N) is 1. The maximum absolute atomic E-state index is 14.1. The monoisotopic (exact) mass is 267 g/mol. The van der Waals surface area contributed by atoms with Crippen molar-refractivity contribution in [2.45, 2.75) is 31.5 Å². The highest BCUT2D eigenvalue weighted by Gasteiger charge is 2.28. The third kappa shape index (κ3) is 3.02.